The molecule has 0 saturated carbocycles. The van der Waals surface area contributed by atoms with Crippen LogP contribution in [0.1, 0.15) is 25.5 Å². The first-order chi connectivity index (χ1) is 7.99. The maximum absolute atomic E-state index is 10.4. The van der Waals surface area contributed by atoms with Crippen molar-refractivity contribution in [1.82, 2.24) is 5.32 Å². The molecule has 0 spiro atoms. The zero-order valence-electron chi connectivity index (χ0n) is 9.90. The van der Waals surface area contributed by atoms with E-state index in [4.69, 9.17) is 16.7 Å². The van der Waals surface area contributed by atoms with E-state index in [0.29, 0.717) is 11.6 Å². The average molecular weight is 254 g/mol. The van der Waals surface area contributed by atoms with Gasteiger partial charge in [0.15, 0.2) is 0 Å². The molecule has 1 rings (SSSR count). The zero-order valence-corrected chi connectivity index (χ0v) is 10.7. The van der Waals surface area contributed by atoms with Crippen LogP contribution in [0.5, 0.6) is 0 Å². The van der Waals surface area contributed by atoms with E-state index < -0.39 is 5.97 Å². The number of carbonyl (C=O) groups is 1. The Morgan fingerprint density at radius 3 is 2.88 bits per heavy atom. The topological polar surface area (TPSA) is 49.3 Å². The van der Waals surface area contributed by atoms with Crippen LogP contribution in [0.3, 0.4) is 0 Å². The Balaban J connectivity index is 2.56. The van der Waals surface area contributed by atoms with Crippen molar-refractivity contribution >= 4 is 17.6 Å². The van der Waals surface area contributed by atoms with Gasteiger partial charge in [0.1, 0.15) is 0 Å². The lowest BCUT2D eigenvalue weighted by Gasteiger charge is -2.14. The second-order valence-electron chi connectivity index (χ2n) is 3.99. The lowest BCUT2D eigenvalue weighted by molar-refractivity contribution is -0.131. The van der Waals surface area contributed by atoms with Gasteiger partial charge in [-0.05, 0) is 31.5 Å². The molecule has 0 saturated heterocycles. The van der Waals surface area contributed by atoms with Crippen molar-refractivity contribution in [1.29, 1.82) is 0 Å². The number of carboxylic acid groups (broad SMARTS) is 1. The van der Waals surface area contributed by atoms with Gasteiger partial charge < -0.3 is 10.4 Å². The van der Waals surface area contributed by atoms with Crippen LogP contribution in [-0.2, 0) is 4.79 Å². The molecule has 0 bridgehead atoms. The van der Waals surface area contributed by atoms with Crippen molar-refractivity contribution < 1.29 is 9.90 Å². The van der Waals surface area contributed by atoms with Gasteiger partial charge in [0.25, 0.3) is 0 Å². The summed E-state index contributed by atoms with van der Waals surface area (Å²) in [6.45, 7) is 4.34. The summed E-state index contributed by atoms with van der Waals surface area (Å²) in [6.07, 6.45) is 1.21. The van der Waals surface area contributed by atoms with E-state index in [1.165, 1.54) is 6.08 Å². The van der Waals surface area contributed by atoms with Crippen LogP contribution >= 0.6 is 11.6 Å². The molecule has 0 amide bonds. The number of hydrogen-bond acceptors (Lipinski definition) is 2. The van der Waals surface area contributed by atoms with E-state index in [1.807, 2.05) is 31.2 Å². The number of hydrogen-bond donors (Lipinski definition) is 2. The van der Waals surface area contributed by atoms with Gasteiger partial charge in [-0.2, -0.15) is 0 Å². The molecule has 1 aromatic carbocycles. The summed E-state index contributed by atoms with van der Waals surface area (Å²) in [4.78, 5) is 10.4. The molecule has 0 radical (unpaired) electrons. The first-order valence-corrected chi connectivity index (χ1v) is 5.76. The first kappa shape index (κ1) is 13.7. The number of nitrogens with one attached hydrogen (secondary N) is 1. The van der Waals surface area contributed by atoms with E-state index in [9.17, 15) is 4.79 Å². The normalized spacial score (nSPS) is 13.5. The third kappa shape index (κ3) is 5.02. The number of carboxylic acids is 1. The molecule has 92 valence electrons. The van der Waals surface area contributed by atoms with Crippen LogP contribution < -0.4 is 5.32 Å². The summed E-state index contributed by atoms with van der Waals surface area (Å²) < 4.78 is 0. The standard InChI is InChI=1S/C13H16ClNO2/c1-9(6-13(16)17)8-15-10(2)11-4-3-5-12(14)7-11/h3-7,10,15H,8H2,1-2H3,(H,16,17)/b9-6+/t10-/m0/s1. The molecule has 0 aliphatic carbocycles. The average Bonchev–Trinajstić information content (AvgIpc) is 2.25. The molecule has 0 heterocycles. The Bertz CT molecular complexity index is 429. The molecule has 17 heavy (non-hydrogen) atoms. The summed E-state index contributed by atoms with van der Waals surface area (Å²) >= 11 is 5.90. The molecule has 0 aliphatic rings. The molecule has 2 N–H and O–H groups in total. The summed E-state index contributed by atoms with van der Waals surface area (Å²) in [7, 11) is 0. The minimum absolute atomic E-state index is 0.130. The highest BCUT2D eigenvalue weighted by Gasteiger charge is 2.05. The summed E-state index contributed by atoms with van der Waals surface area (Å²) in [6, 6.07) is 7.74. The van der Waals surface area contributed by atoms with Gasteiger partial charge in [-0.1, -0.05) is 29.3 Å². The third-order valence-electron chi connectivity index (χ3n) is 2.41. The zero-order chi connectivity index (χ0) is 12.8. The van der Waals surface area contributed by atoms with Crippen LogP contribution in [0.25, 0.3) is 0 Å². The largest absolute Gasteiger partial charge is 0.478 e. The van der Waals surface area contributed by atoms with Gasteiger partial charge in [-0.3, -0.25) is 0 Å². The van der Waals surface area contributed by atoms with E-state index in [-0.39, 0.29) is 6.04 Å². The van der Waals surface area contributed by atoms with Crippen molar-refractivity contribution in [2.75, 3.05) is 6.54 Å². The molecule has 0 fully saturated rings. The lowest BCUT2D eigenvalue weighted by Crippen LogP contribution is -2.20. The van der Waals surface area contributed by atoms with Gasteiger partial charge in [0.05, 0.1) is 0 Å². The monoisotopic (exact) mass is 253 g/mol. The number of halogens is 1. The maximum atomic E-state index is 10.4. The highest BCUT2D eigenvalue weighted by Crippen LogP contribution is 2.17. The predicted octanol–water partition coefficient (Wildman–Crippen LogP) is 3.02. The molecule has 1 atom stereocenters. The van der Waals surface area contributed by atoms with Crippen molar-refractivity contribution in [2.45, 2.75) is 19.9 Å². The highest BCUT2D eigenvalue weighted by molar-refractivity contribution is 6.30. The van der Waals surface area contributed by atoms with E-state index >= 15 is 0 Å². The van der Waals surface area contributed by atoms with Gasteiger partial charge in [-0.25, -0.2) is 4.79 Å². The molecule has 3 nitrogen and oxygen atoms in total. The van der Waals surface area contributed by atoms with Crippen LogP contribution in [0.4, 0.5) is 0 Å². The predicted molar refractivity (Wildman–Crippen MR) is 69.3 cm³/mol. The second kappa shape index (κ2) is 6.42. The Morgan fingerprint density at radius 1 is 1.59 bits per heavy atom. The minimum atomic E-state index is -0.917. The van der Waals surface area contributed by atoms with Gasteiger partial charge in [0.2, 0.25) is 0 Å². The Hall–Kier alpha value is -1.32. The lowest BCUT2D eigenvalue weighted by atomic mass is 10.1. The van der Waals surface area contributed by atoms with Crippen LogP contribution in [-0.4, -0.2) is 17.6 Å². The number of benzene rings is 1. The van der Waals surface area contributed by atoms with E-state index in [0.717, 1.165) is 11.1 Å². The molecule has 0 unspecified atom stereocenters. The van der Waals surface area contributed by atoms with E-state index in [2.05, 4.69) is 5.32 Å². The fourth-order valence-electron chi connectivity index (χ4n) is 1.47. The first-order valence-electron chi connectivity index (χ1n) is 5.38. The van der Waals surface area contributed by atoms with Crippen LogP contribution in [0.2, 0.25) is 5.02 Å². The third-order valence-corrected chi connectivity index (χ3v) is 2.64. The SMILES string of the molecule is C/C(=C\C(=O)O)CN[C@@H](C)c1cccc(Cl)c1. The summed E-state index contributed by atoms with van der Waals surface area (Å²) in [5.74, 6) is -0.917. The number of rotatable bonds is 5. The highest BCUT2D eigenvalue weighted by atomic mass is 35.5. The van der Waals surface area contributed by atoms with Crippen molar-refractivity contribution in [3.8, 4) is 0 Å². The quantitative estimate of drug-likeness (QED) is 0.793. The van der Waals surface area contributed by atoms with Gasteiger partial charge in [-0.15, -0.1) is 0 Å². The molecule has 4 heteroatoms. The van der Waals surface area contributed by atoms with E-state index in [1.54, 1.807) is 6.92 Å². The maximum Gasteiger partial charge on any atom is 0.328 e. The van der Waals surface area contributed by atoms with Crippen LogP contribution in [0, 0.1) is 0 Å². The number of aliphatic carboxylic acids is 1. The molecule has 1 aromatic rings. The molecular formula is C13H16ClNO2. The Labute approximate surface area is 106 Å². The fourth-order valence-corrected chi connectivity index (χ4v) is 1.67. The minimum Gasteiger partial charge on any atom is -0.478 e. The van der Waals surface area contributed by atoms with Crippen LogP contribution in [0.15, 0.2) is 35.9 Å². The van der Waals surface area contributed by atoms with Crippen molar-refractivity contribution in [3.63, 3.8) is 0 Å². The van der Waals surface area contributed by atoms with Gasteiger partial charge >= 0.3 is 5.97 Å². The van der Waals surface area contributed by atoms with Crippen molar-refractivity contribution in [3.05, 3.63) is 46.5 Å². The Kier molecular flexibility index (Phi) is 5.19. The molecular weight excluding hydrogens is 238 g/mol. The fraction of sp³-hybridized carbons (Fsp3) is 0.308. The summed E-state index contributed by atoms with van der Waals surface area (Å²) in [5.41, 5.74) is 1.87. The smallest absolute Gasteiger partial charge is 0.328 e. The van der Waals surface area contributed by atoms with Crippen molar-refractivity contribution in [2.24, 2.45) is 0 Å². The Morgan fingerprint density at radius 2 is 2.29 bits per heavy atom. The molecule has 0 aliphatic heterocycles. The second-order valence-corrected chi connectivity index (χ2v) is 4.42. The summed E-state index contributed by atoms with van der Waals surface area (Å²) in [5, 5.41) is 12.5. The van der Waals surface area contributed by atoms with Gasteiger partial charge in [0, 0.05) is 23.7 Å². The molecule has 0 aromatic heterocycles.